The molecule has 0 fully saturated rings. The lowest BCUT2D eigenvalue weighted by molar-refractivity contribution is -0.137. The second kappa shape index (κ2) is 8.89. The van der Waals surface area contributed by atoms with E-state index in [1.54, 1.807) is 7.11 Å². The van der Waals surface area contributed by atoms with Gasteiger partial charge < -0.3 is 14.8 Å². The molecule has 1 N–H and O–H groups in total. The monoisotopic (exact) mass is 419 g/mol. The van der Waals surface area contributed by atoms with Crippen molar-refractivity contribution >= 4 is 5.91 Å². The molecule has 0 spiro atoms. The van der Waals surface area contributed by atoms with Gasteiger partial charge >= 0.3 is 6.18 Å². The van der Waals surface area contributed by atoms with E-state index in [1.165, 1.54) is 30.1 Å². The van der Waals surface area contributed by atoms with Crippen LogP contribution in [0, 0.1) is 0 Å². The number of halogens is 3. The molecule has 0 bridgehead atoms. The summed E-state index contributed by atoms with van der Waals surface area (Å²) in [5.41, 5.74) is 0.363. The summed E-state index contributed by atoms with van der Waals surface area (Å²) in [6.07, 6.45) is -2.52. The van der Waals surface area contributed by atoms with Crippen LogP contribution in [-0.2, 0) is 12.6 Å². The molecule has 6 nitrogen and oxygen atoms in total. The van der Waals surface area contributed by atoms with Crippen LogP contribution in [0.2, 0.25) is 0 Å². The van der Waals surface area contributed by atoms with Gasteiger partial charge in [-0.2, -0.15) is 18.3 Å². The van der Waals surface area contributed by atoms with E-state index >= 15 is 0 Å². The van der Waals surface area contributed by atoms with E-state index in [9.17, 15) is 18.0 Å². The van der Waals surface area contributed by atoms with Crippen LogP contribution in [0.4, 0.5) is 13.2 Å². The van der Waals surface area contributed by atoms with Crippen LogP contribution in [0.1, 0.15) is 21.6 Å². The molecule has 30 heavy (non-hydrogen) atoms. The van der Waals surface area contributed by atoms with Crippen LogP contribution >= 0.6 is 0 Å². The van der Waals surface area contributed by atoms with Crippen LogP contribution in [0.15, 0.2) is 54.7 Å². The standard InChI is InChI=1S/C21H20F3N3O3/c1-29-17-8-6-14(7-9-17)10-11-25-20(28)19-18(30-2)13-27(26-19)16-5-3-4-15(12-16)21(22,23)24/h3-9,12-13H,10-11H2,1-2H3,(H,25,28). The van der Waals surface area contributed by atoms with Gasteiger partial charge in [0, 0.05) is 6.54 Å². The Morgan fingerprint density at radius 1 is 1.10 bits per heavy atom. The summed E-state index contributed by atoms with van der Waals surface area (Å²) in [4.78, 5) is 12.5. The lowest BCUT2D eigenvalue weighted by Gasteiger charge is -2.08. The van der Waals surface area contributed by atoms with Crippen molar-refractivity contribution < 1.29 is 27.4 Å². The van der Waals surface area contributed by atoms with Crippen LogP contribution < -0.4 is 14.8 Å². The first-order valence-electron chi connectivity index (χ1n) is 9.04. The van der Waals surface area contributed by atoms with Crippen molar-refractivity contribution in [3.05, 3.63) is 71.5 Å². The first-order chi connectivity index (χ1) is 14.3. The van der Waals surface area contributed by atoms with Gasteiger partial charge in [0.15, 0.2) is 11.4 Å². The molecule has 0 saturated carbocycles. The smallest absolute Gasteiger partial charge is 0.416 e. The molecular formula is C21H20F3N3O3. The summed E-state index contributed by atoms with van der Waals surface area (Å²) in [7, 11) is 2.95. The molecule has 0 radical (unpaired) electrons. The zero-order valence-electron chi connectivity index (χ0n) is 16.4. The Morgan fingerprint density at radius 2 is 1.83 bits per heavy atom. The Kier molecular flexibility index (Phi) is 6.29. The molecule has 1 aromatic heterocycles. The molecule has 2 aromatic carbocycles. The van der Waals surface area contributed by atoms with Gasteiger partial charge in [-0.05, 0) is 42.3 Å². The van der Waals surface area contributed by atoms with E-state index in [4.69, 9.17) is 9.47 Å². The maximum atomic E-state index is 13.0. The highest BCUT2D eigenvalue weighted by Gasteiger charge is 2.30. The quantitative estimate of drug-likeness (QED) is 0.631. The number of hydrogen-bond acceptors (Lipinski definition) is 4. The number of aromatic nitrogens is 2. The molecular weight excluding hydrogens is 399 g/mol. The van der Waals surface area contributed by atoms with Crippen molar-refractivity contribution in [3.63, 3.8) is 0 Å². The fourth-order valence-corrected chi connectivity index (χ4v) is 2.82. The number of carbonyl (C=O) groups is 1. The molecule has 0 aliphatic heterocycles. The van der Waals surface area contributed by atoms with Gasteiger partial charge in [-0.25, -0.2) is 4.68 Å². The summed E-state index contributed by atoms with van der Waals surface area (Å²) in [6, 6.07) is 12.1. The Hall–Kier alpha value is -3.49. The Balaban J connectivity index is 1.71. The number of benzene rings is 2. The number of rotatable bonds is 7. The molecule has 0 unspecified atom stereocenters. The highest BCUT2D eigenvalue weighted by atomic mass is 19.4. The van der Waals surface area contributed by atoms with Gasteiger partial charge in [-0.15, -0.1) is 0 Å². The number of nitrogens with zero attached hydrogens (tertiary/aromatic N) is 2. The lowest BCUT2D eigenvalue weighted by atomic mass is 10.1. The third-order valence-corrected chi connectivity index (χ3v) is 4.41. The predicted octanol–water partition coefficient (Wildman–Crippen LogP) is 3.88. The number of alkyl halides is 3. The molecule has 0 aliphatic carbocycles. The zero-order chi connectivity index (χ0) is 21.7. The minimum absolute atomic E-state index is 0.00959. The van der Waals surface area contributed by atoms with Crippen molar-refractivity contribution in [2.24, 2.45) is 0 Å². The van der Waals surface area contributed by atoms with Crippen LogP contribution in [0.3, 0.4) is 0 Å². The summed E-state index contributed by atoms with van der Waals surface area (Å²) in [5.74, 6) is 0.424. The summed E-state index contributed by atoms with van der Waals surface area (Å²) in [6.45, 7) is 0.352. The van der Waals surface area contributed by atoms with E-state index in [2.05, 4.69) is 10.4 Å². The average Bonchev–Trinajstić information content (AvgIpc) is 3.18. The van der Waals surface area contributed by atoms with Gasteiger partial charge in [-0.3, -0.25) is 4.79 Å². The molecule has 1 amide bonds. The summed E-state index contributed by atoms with van der Waals surface area (Å²) >= 11 is 0. The fourth-order valence-electron chi connectivity index (χ4n) is 2.82. The Bertz CT molecular complexity index is 1010. The Labute approximate surface area is 171 Å². The van der Waals surface area contributed by atoms with Gasteiger partial charge in [0.1, 0.15) is 5.75 Å². The Morgan fingerprint density at radius 3 is 2.47 bits per heavy atom. The van der Waals surface area contributed by atoms with Crippen molar-refractivity contribution in [1.82, 2.24) is 15.1 Å². The molecule has 158 valence electrons. The van der Waals surface area contributed by atoms with Crippen LogP contribution in [-0.4, -0.2) is 36.5 Å². The number of nitrogens with one attached hydrogen (secondary N) is 1. The summed E-state index contributed by atoms with van der Waals surface area (Å²) < 4.78 is 50.3. The maximum absolute atomic E-state index is 13.0. The maximum Gasteiger partial charge on any atom is 0.416 e. The van der Waals surface area contributed by atoms with Crippen molar-refractivity contribution in [1.29, 1.82) is 0 Å². The second-order valence-electron chi connectivity index (χ2n) is 6.39. The van der Waals surface area contributed by atoms with E-state index in [0.717, 1.165) is 23.4 Å². The third-order valence-electron chi connectivity index (χ3n) is 4.41. The molecule has 0 aliphatic rings. The third kappa shape index (κ3) is 4.91. The molecule has 0 atom stereocenters. The van der Waals surface area contributed by atoms with Crippen molar-refractivity contribution in [2.75, 3.05) is 20.8 Å². The number of methoxy groups -OCH3 is 2. The minimum Gasteiger partial charge on any atom is -0.497 e. The molecule has 3 rings (SSSR count). The first kappa shape index (κ1) is 21.2. The number of ether oxygens (including phenoxy) is 2. The van der Waals surface area contributed by atoms with Crippen molar-refractivity contribution in [3.8, 4) is 17.2 Å². The second-order valence-corrected chi connectivity index (χ2v) is 6.39. The van der Waals surface area contributed by atoms with Gasteiger partial charge in [-0.1, -0.05) is 18.2 Å². The summed E-state index contributed by atoms with van der Waals surface area (Å²) in [5, 5.41) is 6.86. The van der Waals surface area contributed by atoms with Crippen molar-refractivity contribution in [2.45, 2.75) is 12.6 Å². The van der Waals surface area contributed by atoms with E-state index in [-0.39, 0.29) is 17.1 Å². The highest BCUT2D eigenvalue weighted by Crippen LogP contribution is 2.30. The first-order valence-corrected chi connectivity index (χ1v) is 9.04. The predicted molar refractivity (Wildman–Crippen MR) is 104 cm³/mol. The van der Waals surface area contributed by atoms with E-state index < -0.39 is 17.6 Å². The fraction of sp³-hybridized carbons (Fsp3) is 0.238. The van der Waals surface area contributed by atoms with Gasteiger partial charge in [0.05, 0.1) is 31.7 Å². The SMILES string of the molecule is COc1ccc(CCNC(=O)c2nn(-c3cccc(C(F)(F)F)c3)cc2OC)cc1. The normalized spacial score (nSPS) is 11.2. The topological polar surface area (TPSA) is 65.4 Å². The minimum atomic E-state index is -4.48. The average molecular weight is 419 g/mol. The van der Waals surface area contributed by atoms with Gasteiger partial charge in [0.2, 0.25) is 0 Å². The molecule has 9 heteroatoms. The molecule has 3 aromatic rings. The van der Waals surface area contributed by atoms with Crippen LogP contribution in [0.5, 0.6) is 11.5 Å². The van der Waals surface area contributed by atoms with E-state index in [1.807, 2.05) is 24.3 Å². The highest BCUT2D eigenvalue weighted by molar-refractivity contribution is 5.94. The number of hydrogen-bond donors (Lipinski definition) is 1. The van der Waals surface area contributed by atoms with Crippen LogP contribution in [0.25, 0.3) is 5.69 Å². The van der Waals surface area contributed by atoms with Gasteiger partial charge in [0.25, 0.3) is 5.91 Å². The number of carbonyl (C=O) groups excluding carboxylic acids is 1. The number of amides is 1. The lowest BCUT2D eigenvalue weighted by Crippen LogP contribution is -2.26. The molecule has 0 saturated heterocycles. The molecule has 1 heterocycles. The zero-order valence-corrected chi connectivity index (χ0v) is 16.4. The van der Waals surface area contributed by atoms with E-state index in [0.29, 0.717) is 13.0 Å². The largest absolute Gasteiger partial charge is 0.497 e.